The highest BCUT2D eigenvalue weighted by atomic mass is 32.2. The molecule has 0 saturated heterocycles. The average Bonchev–Trinajstić information content (AvgIpc) is 2.25. The van der Waals surface area contributed by atoms with Crippen LogP contribution >= 0.6 is 11.8 Å². The molecule has 5 nitrogen and oxygen atoms in total. The fraction of sp³-hybridized carbons (Fsp3) is 0.583. The van der Waals surface area contributed by atoms with Crippen molar-refractivity contribution < 1.29 is 9.53 Å². The summed E-state index contributed by atoms with van der Waals surface area (Å²) >= 11 is 1.19. The summed E-state index contributed by atoms with van der Waals surface area (Å²) in [6, 6.07) is 0. The van der Waals surface area contributed by atoms with Crippen LogP contribution in [0.5, 0.6) is 0 Å². The molecule has 0 aliphatic rings. The van der Waals surface area contributed by atoms with E-state index in [9.17, 15) is 9.59 Å². The molecule has 100 valence electrons. The molecule has 1 heterocycles. The minimum absolute atomic E-state index is 0.176. The van der Waals surface area contributed by atoms with Gasteiger partial charge < -0.3 is 9.72 Å². The lowest BCUT2D eigenvalue weighted by atomic mass is 10.2. The van der Waals surface area contributed by atoms with Gasteiger partial charge in [-0.1, -0.05) is 11.8 Å². The fourth-order valence-electron chi connectivity index (χ4n) is 1.26. The number of esters is 1. The Balaban J connectivity index is 2.97. The van der Waals surface area contributed by atoms with Crippen molar-refractivity contribution in [3.05, 3.63) is 21.6 Å². The van der Waals surface area contributed by atoms with Gasteiger partial charge in [-0.05, 0) is 34.6 Å². The number of hydrogen-bond donors (Lipinski definition) is 1. The second-order valence-corrected chi connectivity index (χ2v) is 6.03. The maximum Gasteiger partial charge on any atom is 0.322 e. The number of carbonyl (C=O) groups is 1. The predicted molar refractivity (Wildman–Crippen MR) is 70.9 cm³/mol. The largest absolute Gasteiger partial charge is 0.465 e. The minimum atomic E-state index is -0.784. The van der Waals surface area contributed by atoms with Crippen LogP contribution in [0.25, 0.3) is 0 Å². The van der Waals surface area contributed by atoms with E-state index >= 15 is 0 Å². The Bertz CT molecular complexity index is 509. The second kappa shape index (κ2) is 5.56. The molecule has 1 rings (SSSR count). The van der Waals surface area contributed by atoms with Crippen molar-refractivity contribution in [3.63, 3.8) is 0 Å². The Hall–Kier alpha value is -1.30. The molecule has 0 bridgehead atoms. The summed E-state index contributed by atoms with van der Waals surface area (Å²) in [6.45, 7) is 9.06. The van der Waals surface area contributed by atoms with Gasteiger partial charge in [-0.15, -0.1) is 0 Å². The van der Waals surface area contributed by atoms with Crippen LogP contribution < -0.4 is 5.56 Å². The molecule has 0 amide bonds. The van der Waals surface area contributed by atoms with Crippen LogP contribution in [0.15, 0.2) is 9.95 Å². The van der Waals surface area contributed by atoms with E-state index in [0.717, 1.165) is 0 Å². The number of H-pyrrole nitrogens is 1. The van der Waals surface area contributed by atoms with Gasteiger partial charge in [0.2, 0.25) is 0 Å². The fourth-order valence-corrected chi connectivity index (χ4v) is 2.21. The maximum absolute atomic E-state index is 11.7. The molecule has 0 fully saturated rings. The molecule has 1 N–H and O–H groups in total. The number of aromatic nitrogens is 2. The third-order valence-corrected chi connectivity index (χ3v) is 3.56. The Labute approximate surface area is 110 Å². The SMILES string of the molecule is CCOC(=O)C(C)(C)Sc1nc(C)c(C)c(=O)[nH]1. The highest BCUT2D eigenvalue weighted by molar-refractivity contribution is 8.01. The van der Waals surface area contributed by atoms with Crippen molar-refractivity contribution in [1.82, 2.24) is 9.97 Å². The van der Waals surface area contributed by atoms with Crippen molar-refractivity contribution in [3.8, 4) is 0 Å². The molecule has 0 spiro atoms. The maximum atomic E-state index is 11.7. The van der Waals surface area contributed by atoms with Gasteiger partial charge in [0.05, 0.1) is 6.61 Å². The Kier molecular flexibility index (Phi) is 4.56. The number of aryl methyl sites for hydroxylation is 1. The van der Waals surface area contributed by atoms with E-state index in [1.807, 2.05) is 0 Å². The quantitative estimate of drug-likeness (QED) is 0.513. The van der Waals surface area contributed by atoms with E-state index in [2.05, 4.69) is 9.97 Å². The van der Waals surface area contributed by atoms with Crippen molar-refractivity contribution in [2.45, 2.75) is 44.5 Å². The second-order valence-electron chi connectivity index (χ2n) is 4.41. The van der Waals surface area contributed by atoms with E-state index in [1.54, 1.807) is 34.6 Å². The number of thioether (sulfide) groups is 1. The number of aromatic amines is 1. The van der Waals surface area contributed by atoms with Gasteiger partial charge in [-0.2, -0.15) is 0 Å². The first-order valence-electron chi connectivity index (χ1n) is 5.71. The van der Waals surface area contributed by atoms with Gasteiger partial charge in [0, 0.05) is 11.3 Å². The minimum Gasteiger partial charge on any atom is -0.465 e. The number of ether oxygens (including phenoxy) is 1. The average molecular weight is 270 g/mol. The monoisotopic (exact) mass is 270 g/mol. The Morgan fingerprint density at radius 2 is 2.06 bits per heavy atom. The van der Waals surface area contributed by atoms with Gasteiger partial charge >= 0.3 is 5.97 Å². The Morgan fingerprint density at radius 3 is 2.56 bits per heavy atom. The van der Waals surface area contributed by atoms with Crippen LogP contribution in [0, 0.1) is 13.8 Å². The highest BCUT2D eigenvalue weighted by Gasteiger charge is 2.31. The number of nitrogens with one attached hydrogen (secondary N) is 1. The molecular weight excluding hydrogens is 252 g/mol. The summed E-state index contributed by atoms with van der Waals surface area (Å²) < 4.78 is 4.20. The number of rotatable bonds is 4. The van der Waals surface area contributed by atoms with Crippen molar-refractivity contribution in [2.24, 2.45) is 0 Å². The molecule has 0 radical (unpaired) electrons. The van der Waals surface area contributed by atoms with Crippen LogP contribution in [-0.2, 0) is 9.53 Å². The lowest BCUT2D eigenvalue weighted by molar-refractivity contribution is -0.145. The van der Waals surface area contributed by atoms with E-state index in [4.69, 9.17) is 4.74 Å². The molecule has 0 unspecified atom stereocenters. The van der Waals surface area contributed by atoms with Crippen LogP contribution in [0.1, 0.15) is 32.0 Å². The molecule has 0 aliphatic carbocycles. The summed E-state index contributed by atoms with van der Waals surface area (Å²) in [4.78, 5) is 30.3. The number of carbonyl (C=O) groups excluding carboxylic acids is 1. The summed E-state index contributed by atoms with van der Waals surface area (Å²) in [7, 11) is 0. The highest BCUT2D eigenvalue weighted by Crippen LogP contribution is 2.30. The van der Waals surface area contributed by atoms with Crippen LogP contribution in [0.2, 0.25) is 0 Å². The zero-order valence-corrected chi connectivity index (χ0v) is 12.1. The van der Waals surface area contributed by atoms with Crippen molar-refractivity contribution in [2.75, 3.05) is 6.61 Å². The van der Waals surface area contributed by atoms with E-state index in [0.29, 0.717) is 23.0 Å². The molecule has 1 aromatic rings. The standard InChI is InChI=1S/C12H18N2O3S/c1-6-17-10(16)12(4,5)18-11-13-8(3)7(2)9(15)14-11/h6H2,1-5H3,(H,13,14,15). The number of nitrogens with zero attached hydrogens (tertiary/aromatic N) is 1. The lowest BCUT2D eigenvalue weighted by Crippen LogP contribution is -2.31. The van der Waals surface area contributed by atoms with Gasteiger partial charge in [0.15, 0.2) is 5.16 Å². The normalized spacial score (nSPS) is 11.4. The van der Waals surface area contributed by atoms with Crippen molar-refractivity contribution in [1.29, 1.82) is 0 Å². The molecule has 0 atom stereocenters. The first-order chi connectivity index (χ1) is 8.27. The van der Waals surface area contributed by atoms with E-state index < -0.39 is 4.75 Å². The van der Waals surface area contributed by atoms with E-state index in [1.165, 1.54) is 11.8 Å². The zero-order chi connectivity index (χ0) is 13.9. The van der Waals surface area contributed by atoms with Gasteiger partial charge in [-0.25, -0.2) is 4.98 Å². The Morgan fingerprint density at radius 1 is 1.44 bits per heavy atom. The summed E-state index contributed by atoms with van der Waals surface area (Å²) in [5.74, 6) is -0.323. The zero-order valence-electron chi connectivity index (χ0n) is 11.3. The van der Waals surface area contributed by atoms with E-state index in [-0.39, 0.29) is 11.5 Å². The molecular formula is C12H18N2O3S. The van der Waals surface area contributed by atoms with Crippen LogP contribution in [0.3, 0.4) is 0 Å². The van der Waals surface area contributed by atoms with Crippen molar-refractivity contribution >= 4 is 17.7 Å². The summed E-state index contributed by atoms with van der Waals surface area (Å²) in [6.07, 6.45) is 0. The molecule has 18 heavy (non-hydrogen) atoms. The van der Waals surface area contributed by atoms with Crippen LogP contribution in [-0.4, -0.2) is 27.3 Å². The summed E-state index contributed by atoms with van der Waals surface area (Å²) in [5, 5.41) is 0.432. The van der Waals surface area contributed by atoms with Gasteiger partial charge in [0.25, 0.3) is 5.56 Å². The third-order valence-electron chi connectivity index (χ3n) is 2.49. The molecule has 6 heteroatoms. The molecule has 0 aromatic carbocycles. The summed E-state index contributed by atoms with van der Waals surface area (Å²) in [5.41, 5.74) is 1.08. The van der Waals surface area contributed by atoms with Gasteiger partial charge in [0.1, 0.15) is 4.75 Å². The predicted octanol–water partition coefficient (Wildman–Crippen LogP) is 1.82. The molecule has 0 aliphatic heterocycles. The third kappa shape index (κ3) is 3.35. The van der Waals surface area contributed by atoms with Crippen LogP contribution in [0.4, 0.5) is 0 Å². The number of hydrogen-bond acceptors (Lipinski definition) is 5. The molecule has 1 aromatic heterocycles. The lowest BCUT2D eigenvalue weighted by Gasteiger charge is -2.20. The van der Waals surface area contributed by atoms with Gasteiger partial charge in [-0.3, -0.25) is 9.59 Å². The first kappa shape index (κ1) is 14.8. The molecule has 0 saturated carbocycles. The smallest absolute Gasteiger partial charge is 0.322 e. The first-order valence-corrected chi connectivity index (χ1v) is 6.53. The topological polar surface area (TPSA) is 72.0 Å².